The molecular formula is C32H38FN5O2S. The van der Waals surface area contributed by atoms with E-state index in [1.165, 1.54) is 48.1 Å². The highest BCUT2D eigenvalue weighted by Gasteiger charge is 2.43. The lowest BCUT2D eigenvalue weighted by Crippen LogP contribution is -2.36. The van der Waals surface area contributed by atoms with E-state index in [9.17, 15) is 9.18 Å². The Hall–Kier alpha value is -3.07. The quantitative estimate of drug-likeness (QED) is 0.326. The Balaban J connectivity index is 0.840. The fraction of sp³-hybridized carbons (Fsp3) is 0.562. The van der Waals surface area contributed by atoms with Crippen LogP contribution >= 0.6 is 11.3 Å². The van der Waals surface area contributed by atoms with Crippen molar-refractivity contribution < 1.29 is 13.9 Å². The molecule has 4 aliphatic rings. The maximum Gasteiger partial charge on any atom is 0.227 e. The van der Waals surface area contributed by atoms with Gasteiger partial charge in [0.1, 0.15) is 11.6 Å². The summed E-state index contributed by atoms with van der Waals surface area (Å²) in [6, 6.07) is 4.95. The first-order valence-electron chi connectivity index (χ1n) is 15.2. The minimum atomic E-state index is -0.365. The van der Waals surface area contributed by atoms with Gasteiger partial charge in [-0.25, -0.2) is 19.3 Å². The molecule has 7 rings (SSSR count). The normalized spacial score (nSPS) is 22.5. The average molecular weight is 576 g/mol. The standard InChI is InChI=1S/C32H38FN5O2S/c1-20-17-34-32(35-18-20)37-10-6-21(7-11-37)26-14-23(26)9-13-40-25-5-4-24(27(33)16-25)15-30(39)38-12-8-28-29(19-38)41-31(36-28)22-2-3-22/h4-5,16-18,21-23,26H,2-3,6-15,19H2,1H3/t23-,26-/m1/s1. The van der Waals surface area contributed by atoms with Crippen LogP contribution in [0.1, 0.15) is 71.1 Å². The van der Waals surface area contributed by atoms with Gasteiger partial charge in [-0.3, -0.25) is 4.79 Å². The molecule has 2 atom stereocenters. The topological polar surface area (TPSA) is 71.5 Å². The highest BCUT2D eigenvalue weighted by Crippen LogP contribution is 2.50. The van der Waals surface area contributed by atoms with Crippen molar-refractivity contribution in [2.45, 2.75) is 70.8 Å². The van der Waals surface area contributed by atoms with Gasteiger partial charge in [-0.05, 0) is 80.4 Å². The minimum Gasteiger partial charge on any atom is -0.493 e. The first kappa shape index (κ1) is 26.8. The predicted octanol–water partition coefficient (Wildman–Crippen LogP) is 5.71. The van der Waals surface area contributed by atoms with Gasteiger partial charge in [-0.1, -0.05) is 6.07 Å². The summed E-state index contributed by atoms with van der Waals surface area (Å²) in [6.45, 7) is 5.91. The molecule has 1 saturated heterocycles. The van der Waals surface area contributed by atoms with Gasteiger partial charge in [-0.2, -0.15) is 0 Å². The molecule has 216 valence electrons. The van der Waals surface area contributed by atoms with Gasteiger partial charge in [0, 0.05) is 55.3 Å². The Kier molecular flexibility index (Phi) is 7.39. The highest BCUT2D eigenvalue weighted by atomic mass is 32.1. The van der Waals surface area contributed by atoms with Crippen molar-refractivity contribution in [3.8, 4) is 5.75 Å². The number of aryl methyl sites for hydroxylation is 1. The number of anilines is 1. The fourth-order valence-electron chi connectivity index (χ4n) is 6.55. The minimum absolute atomic E-state index is 0.0263. The number of hydrogen-bond donors (Lipinski definition) is 0. The number of carbonyl (C=O) groups excluding carboxylic acids is 1. The second kappa shape index (κ2) is 11.3. The zero-order chi connectivity index (χ0) is 27.9. The molecule has 3 fully saturated rings. The van der Waals surface area contributed by atoms with Gasteiger partial charge in [0.2, 0.25) is 11.9 Å². The molecule has 2 aliphatic heterocycles. The van der Waals surface area contributed by atoms with Gasteiger partial charge in [0.05, 0.1) is 30.3 Å². The molecule has 7 nitrogen and oxygen atoms in total. The van der Waals surface area contributed by atoms with Crippen LogP contribution in [-0.4, -0.2) is 52.0 Å². The van der Waals surface area contributed by atoms with Crippen molar-refractivity contribution in [2.24, 2.45) is 17.8 Å². The van der Waals surface area contributed by atoms with E-state index < -0.39 is 0 Å². The lowest BCUT2D eigenvalue weighted by atomic mass is 9.90. The van der Waals surface area contributed by atoms with Crippen LogP contribution in [-0.2, 0) is 24.2 Å². The SMILES string of the molecule is Cc1cnc(N2CCC([C@H]3C[C@H]3CCOc3ccc(CC(=O)N4CCc5nc(C6CC6)sc5C4)c(F)c3)CC2)nc1. The Labute approximate surface area is 245 Å². The number of benzene rings is 1. The van der Waals surface area contributed by atoms with E-state index in [-0.39, 0.29) is 18.1 Å². The molecule has 1 amide bonds. The molecule has 2 aromatic heterocycles. The molecule has 4 heterocycles. The summed E-state index contributed by atoms with van der Waals surface area (Å²) < 4.78 is 20.9. The lowest BCUT2D eigenvalue weighted by molar-refractivity contribution is -0.131. The molecule has 0 radical (unpaired) electrons. The third kappa shape index (κ3) is 6.10. The van der Waals surface area contributed by atoms with Crippen molar-refractivity contribution in [3.63, 3.8) is 0 Å². The maximum absolute atomic E-state index is 14.9. The number of hydrogen-bond acceptors (Lipinski definition) is 7. The van der Waals surface area contributed by atoms with E-state index >= 15 is 0 Å². The molecule has 2 saturated carbocycles. The molecule has 2 aliphatic carbocycles. The van der Waals surface area contributed by atoms with Crippen LogP contribution in [0.15, 0.2) is 30.6 Å². The summed E-state index contributed by atoms with van der Waals surface area (Å²) in [4.78, 5) is 32.1. The summed E-state index contributed by atoms with van der Waals surface area (Å²) in [6.07, 6.45) is 11.8. The molecular weight excluding hydrogens is 537 g/mol. The van der Waals surface area contributed by atoms with Crippen molar-refractivity contribution >= 4 is 23.2 Å². The average Bonchev–Trinajstić information content (AvgIpc) is 3.92. The number of rotatable bonds is 9. The summed E-state index contributed by atoms with van der Waals surface area (Å²) in [5, 5.41) is 1.23. The second-order valence-corrected chi connectivity index (χ2v) is 13.5. The number of amides is 1. The van der Waals surface area contributed by atoms with E-state index in [2.05, 4.69) is 14.9 Å². The third-order valence-corrected chi connectivity index (χ3v) is 10.6. The van der Waals surface area contributed by atoms with Gasteiger partial charge in [0.25, 0.3) is 0 Å². The number of thiazole rings is 1. The number of nitrogens with zero attached hydrogens (tertiary/aromatic N) is 5. The van der Waals surface area contributed by atoms with Gasteiger partial charge in [-0.15, -0.1) is 11.3 Å². The smallest absolute Gasteiger partial charge is 0.227 e. The van der Waals surface area contributed by atoms with Gasteiger partial charge >= 0.3 is 0 Å². The summed E-state index contributed by atoms with van der Waals surface area (Å²) in [5.41, 5.74) is 2.68. The van der Waals surface area contributed by atoms with Crippen LogP contribution in [0.2, 0.25) is 0 Å². The Morgan fingerprint density at radius 2 is 1.93 bits per heavy atom. The van der Waals surface area contributed by atoms with Gasteiger partial charge in [0.15, 0.2) is 0 Å². The number of piperidine rings is 1. The largest absolute Gasteiger partial charge is 0.493 e. The Morgan fingerprint density at radius 1 is 1.12 bits per heavy atom. The predicted molar refractivity (Wildman–Crippen MR) is 157 cm³/mol. The Bertz CT molecular complexity index is 1400. The molecule has 0 unspecified atom stereocenters. The molecule has 0 N–H and O–H groups in total. The zero-order valence-electron chi connectivity index (χ0n) is 23.7. The fourth-order valence-corrected chi connectivity index (χ4v) is 7.85. The first-order chi connectivity index (χ1) is 20.0. The third-order valence-electron chi connectivity index (χ3n) is 9.32. The lowest BCUT2D eigenvalue weighted by Gasteiger charge is -2.32. The van der Waals surface area contributed by atoms with E-state index in [1.807, 2.05) is 24.2 Å². The van der Waals surface area contributed by atoms with E-state index in [1.54, 1.807) is 23.5 Å². The van der Waals surface area contributed by atoms with Crippen molar-refractivity contribution in [3.05, 3.63) is 63.1 Å². The van der Waals surface area contributed by atoms with E-state index in [4.69, 9.17) is 9.72 Å². The maximum atomic E-state index is 14.9. The van der Waals surface area contributed by atoms with E-state index in [0.29, 0.717) is 42.8 Å². The van der Waals surface area contributed by atoms with Crippen molar-refractivity contribution in [1.82, 2.24) is 19.9 Å². The van der Waals surface area contributed by atoms with Crippen LogP contribution in [0.5, 0.6) is 5.75 Å². The number of aromatic nitrogens is 3. The number of fused-ring (bicyclic) bond motifs is 1. The van der Waals surface area contributed by atoms with Crippen molar-refractivity contribution in [2.75, 3.05) is 31.1 Å². The van der Waals surface area contributed by atoms with Crippen LogP contribution in [0.4, 0.5) is 10.3 Å². The van der Waals surface area contributed by atoms with Crippen molar-refractivity contribution in [1.29, 1.82) is 0 Å². The molecule has 0 spiro atoms. The summed E-state index contributed by atoms with van der Waals surface area (Å²) in [5.74, 6) is 3.88. The van der Waals surface area contributed by atoms with Crippen LogP contribution < -0.4 is 9.64 Å². The molecule has 0 bridgehead atoms. The summed E-state index contributed by atoms with van der Waals surface area (Å²) >= 11 is 1.76. The van der Waals surface area contributed by atoms with Gasteiger partial charge < -0.3 is 14.5 Å². The molecule has 1 aromatic carbocycles. The number of halogens is 1. The zero-order valence-corrected chi connectivity index (χ0v) is 24.5. The summed E-state index contributed by atoms with van der Waals surface area (Å²) in [7, 11) is 0. The highest BCUT2D eigenvalue weighted by molar-refractivity contribution is 7.11. The van der Waals surface area contributed by atoms with E-state index in [0.717, 1.165) is 55.0 Å². The molecule has 9 heteroatoms. The first-order valence-corrected chi connectivity index (χ1v) is 16.0. The number of carbonyl (C=O) groups is 1. The van der Waals surface area contributed by atoms with Crippen LogP contribution in [0, 0.1) is 30.5 Å². The Morgan fingerprint density at radius 3 is 2.68 bits per heavy atom. The molecule has 41 heavy (non-hydrogen) atoms. The van der Waals surface area contributed by atoms with Crippen LogP contribution in [0.25, 0.3) is 0 Å². The molecule has 3 aromatic rings. The number of ether oxygens (including phenoxy) is 1. The van der Waals surface area contributed by atoms with Crippen LogP contribution in [0.3, 0.4) is 0 Å². The second-order valence-electron chi connectivity index (χ2n) is 12.4. The monoisotopic (exact) mass is 575 g/mol.